The number of rotatable bonds is 6. The number of hydrogen-bond donors (Lipinski definition) is 1. The molecule has 5 heteroatoms. The third-order valence-electron chi connectivity index (χ3n) is 4.53. The van der Waals surface area contributed by atoms with Gasteiger partial charge in [-0.05, 0) is 47.2 Å². The molecule has 4 aromatic rings. The Morgan fingerprint density at radius 3 is 2.57 bits per heavy atom. The number of nitrogens with zero attached hydrogens (tertiary/aromatic N) is 1. The SMILES string of the molecule is COCCOc1ccc(NC(=O)c2cc3ccccc3c3cccnc23)cc1. The zero-order valence-corrected chi connectivity index (χ0v) is 15.5. The molecule has 1 amide bonds. The fourth-order valence-corrected chi connectivity index (χ4v) is 3.18. The van der Waals surface area contributed by atoms with E-state index in [1.165, 1.54) is 0 Å². The first kappa shape index (κ1) is 17.9. The molecule has 0 atom stereocenters. The fraction of sp³-hybridized carbons (Fsp3) is 0.130. The summed E-state index contributed by atoms with van der Waals surface area (Å²) in [5, 5.41) is 6.01. The van der Waals surface area contributed by atoms with E-state index in [4.69, 9.17) is 9.47 Å². The number of benzene rings is 3. The summed E-state index contributed by atoms with van der Waals surface area (Å²) in [6, 6.07) is 21.1. The molecule has 0 aliphatic carbocycles. The Hall–Kier alpha value is -3.44. The van der Waals surface area contributed by atoms with Crippen molar-refractivity contribution in [1.29, 1.82) is 0 Å². The van der Waals surface area contributed by atoms with Crippen molar-refractivity contribution in [3.63, 3.8) is 0 Å². The summed E-state index contributed by atoms with van der Waals surface area (Å²) in [5.41, 5.74) is 1.94. The van der Waals surface area contributed by atoms with E-state index in [-0.39, 0.29) is 5.91 Å². The second-order valence-corrected chi connectivity index (χ2v) is 6.36. The van der Waals surface area contributed by atoms with Gasteiger partial charge < -0.3 is 14.8 Å². The van der Waals surface area contributed by atoms with Gasteiger partial charge in [0.2, 0.25) is 0 Å². The Labute approximate surface area is 162 Å². The third-order valence-corrected chi connectivity index (χ3v) is 4.53. The lowest BCUT2D eigenvalue weighted by Crippen LogP contribution is -2.13. The molecule has 140 valence electrons. The maximum atomic E-state index is 13.0. The number of carbonyl (C=O) groups excluding carboxylic acids is 1. The van der Waals surface area contributed by atoms with Crippen LogP contribution < -0.4 is 10.1 Å². The highest BCUT2D eigenvalue weighted by Crippen LogP contribution is 2.28. The van der Waals surface area contributed by atoms with Crippen LogP contribution in [0.5, 0.6) is 5.75 Å². The average molecular weight is 372 g/mol. The van der Waals surface area contributed by atoms with Gasteiger partial charge in [0.1, 0.15) is 12.4 Å². The van der Waals surface area contributed by atoms with Crippen molar-refractivity contribution >= 4 is 33.3 Å². The molecule has 0 saturated heterocycles. The topological polar surface area (TPSA) is 60.5 Å². The van der Waals surface area contributed by atoms with Crippen LogP contribution in [0, 0.1) is 0 Å². The van der Waals surface area contributed by atoms with Crippen molar-refractivity contribution in [3.8, 4) is 5.75 Å². The summed E-state index contributed by atoms with van der Waals surface area (Å²) in [5.74, 6) is 0.537. The molecule has 1 N–H and O–H groups in total. The lowest BCUT2D eigenvalue weighted by atomic mass is 10.0. The van der Waals surface area contributed by atoms with Crippen LogP contribution in [-0.2, 0) is 4.74 Å². The summed E-state index contributed by atoms with van der Waals surface area (Å²) in [6.07, 6.45) is 1.71. The molecule has 0 radical (unpaired) electrons. The van der Waals surface area contributed by atoms with Crippen LogP contribution >= 0.6 is 0 Å². The summed E-state index contributed by atoms with van der Waals surface area (Å²) in [6.45, 7) is 1.01. The van der Waals surface area contributed by atoms with Crippen LogP contribution in [0.2, 0.25) is 0 Å². The van der Waals surface area contributed by atoms with E-state index in [2.05, 4.69) is 10.3 Å². The van der Waals surface area contributed by atoms with Gasteiger partial charge in [-0.3, -0.25) is 9.78 Å². The molecule has 0 bridgehead atoms. The molecule has 3 aromatic carbocycles. The Kier molecular flexibility index (Phi) is 5.17. The normalized spacial score (nSPS) is 10.9. The van der Waals surface area contributed by atoms with E-state index in [9.17, 15) is 4.79 Å². The van der Waals surface area contributed by atoms with Crippen LogP contribution in [-0.4, -0.2) is 31.2 Å². The maximum absolute atomic E-state index is 13.0. The number of hydrogen-bond acceptors (Lipinski definition) is 4. The minimum Gasteiger partial charge on any atom is -0.491 e. The number of methoxy groups -OCH3 is 1. The Morgan fingerprint density at radius 2 is 1.75 bits per heavy atom. The number of carbonyl (C=O) groups is 1. The number of anilines is 1. The highest BCUT2D eigenvalue weighted by Gasteiger charge is 2.14. The second-order valence-electron chi connectivity index (χ2n) is 6.36. The lowest BCUT2D eigenvalue weighted by molar-refractivity contribution is 0.102. The summed E-state index contributed by atoms with van der Waals surface area (Å²) >= 11 is 0. The Bertz CT molecular complexity index is 1120. The summed E-state index contributed by atoms with van der Waals surface area (Å²) in [4.78, 5) is 17.4. The van der Waals surface area contributed by atoms with Crippen molar-refractivity contribution in [2.45, 2.75) is 0 Å². The monoisotopic (exact) mass is 372 g/mol. The van der Waals surface area contributed by atoms with Gasteiger partial charge in [-0.2, -0.15) is 0 Å². The van der Waals surface area contributed by atoms with Gasteiger partial charge >= 0.3 is 0 Å². The lowest BCUT2D eigenvalue weighted by Gasteiger charge is -2.11. The first-order valence-corrected chi connectivity index (χ1v) is 9.06. The van der Waals surface area contributed by atoms with Crippen LogP contribution in [0.1, 0.15) is 10.4 Å². The number of pyridine rings is 1. The van der Waals surface area contributed by atoms with Crippen LogP contribution in [0.4, 0.5) is 5.69 Å². The van der Waals surface area contributed by atoms with Gasteiger partial charge in [0.15, 0.2) is 0 Å². The van der Waals surface area contributed by atoms with Crippen molar-refractivity contribution in [1.82, 2.24) is 4.98 Å². The molecule has 0 saturated carbocycles. The Balaban J connectivity index is 1.62. The second kappa shape index (κ2) is 8.06. The molecule has 0 aliphatic heterocycles. The van der Waals surface area contributed by atoms with Gasteiger partial charge in [-0.25, -0.2) is 0 Å². The predicted octanol–water partition coefficient (Wildman–Crippen LogP) is 4.67. The molecule has 1 aromatic heterocycles. The van der Waals surface area contributed by atoms with Crippen LogP contribution in [0.25, 0.3) is 21.7 Å². The van der Waals surface area contributed by atoms with Crippen LogP contribution in [0.15, 0.2) is 72.9 Å². The molecule has 5 nitrogen and oxygen atoms in total. The highest BCUT2D eigenvalue weighted by atomic mass is 16.5. The maximum Gasteiger partial charge on any atom is 0.257 e. The van der Waals surface area contributed by atoms with Crippen LogP contribution in [0.3, 0.4) is 0 Å². The molecule has 0 aliphatic rings. The average Bonchev–Trinajstić information content (AvgIpc) is 2.74. The van der Waals surface area contributed by atoms with E-state index in [0.717, 1.165) is 21.9 Å². The van der Waals surface area contributed by atoms with E-state index in [1.807, 2.05) is 66.7 Å². The molecule has 0 unspecified atom stereocenters. The van der Waals surface area contributed by atoms with Gasteiger partial charge in [0.05, 0.1) is 17.7 Å². The number of fused-ring (bicyclic) bond motifs is 3. The zero-order valence-electron chi connectivity index (χ0n) is 15.5. The molecular formula is C23H20N2O3. The van der Waals surface area contributed by atoms with Crippen molar-refractivity contribution in [2.24, 2.45) is 0 Å². The molecule has 28 heavy (non-hydrogen) atoms. The highest BCUT2D eigenvalue weighted by molar-refractivity contribution is 6.18. The van der Waals surface area contributed by atoms with Gasteiger partial charge in [-0.15, -0.1) is 0 Å². The Morgan fingerprint density at radius 1 is 0.964 bits per heavy atom. The minimum absolute atomic E-state index is 0.192. The molecule has 0 spiro atoms. The van der Waals surface area contributed by atoms with Crippen molar-refractivity contribution < 1.29 is 14.3 Å². The third kappa shape index (κ3) is 3.66. The number of ether oxygens (including phenoxy) is 2. The number of aromatic nitrogens is 1. The van der Waals surface area contributed by atoms with Crippen molar-refractivity contribution in [3.05, 3.63) is 78.5 Å². The fourth-order valence-electron chi connectivity index (χ4n) is 3.18. The standard InChI is InChI=1S/C23H20N2O3/c1-27-13-14-28-18-10-8-17(9-11-18)25-23(26)21-15-16-5-2-3-6-19(16)20-7-4-12-24-22(20)21/h2-12,15H,13-14H2,1H3,(H,25,26). The molecule has 0 fully saturated rings. The quantitative estimate of drug-likeness (QED) is 0.395. The van der Waals surface area contributed by atoms with E-state index in [0.29, 0.717) is 30.0 Å². The largest absolute Gasteiger partial charge is 0.491 e. The number of nitrogens with one attached hydrogen (secondary N) is 1. The minimum atomic E-state index is -0.192. The molecule has 1 heterocycles. The van der Waals surface area contributed by atoms with E-state index >= 15 is 0 Å². The van der Waals surface area contributed by atoms with Crippen molar-refractivity contribution in [2.75, 3.05) is 25.6 Å². The smallest absolute Gasteiger partial charge is 0.257 e. The predicted molar refractivity (Wildman–Crippen MR) is 111 cm³/mol. The summed E-state index contributed by atoms with van der Waals surface area (Å²) < 4.78 is 10.5. The van der Waals surface area contributed by atoms with E-state index < -0.39 is 0 Å². The summed E-state index contributed by atoms with van der Waals surface area (Å²) in [7, 11) is 1.63. The first-order valence-electron chi connectivity index (χ1n) is 9.06. The van der Waals surface area contributed by atoms with E-state index in [1.54, 1.807) is 13.3 Å². The van der Waals surface area contributed by atoms with Gasteiger partial charge in [-0.1, -0.05) is 30.3 Å². The van der Waals surface area contributed by atoms with Gasteiger partial charge in [0.25, 0.3) is 5.91 Å². The van der Waals surface area contributed by atoms with Gasteiger partial charge in [0, 0.05) is 24.4 Å². The number of amides is 1. The first-order chi connectivity index (χ1) is 13.8. The zero-order chi connectivity index (χ0) is 19.3. The molecular weight excluding hydrogens is 352 g/mol. The molecule has 4 rings (SSSR count).